The molecule has 0 radical (unpaired) electrons. The van der Waals surface area contributed by atoms with Crippen LogP contribution in [0.4, 0.5) is 5.82 Å². The molecule has 160 valence electrons. The number of aromatic nitrogens is 2. The molecule has 3 aliphatic rings. The van der Waals surface area contributed by atoms with Gasteiger partial charge in [-0.1, -0.05) is 6.92 Å². The molecule has 0 aromatic carbocycles. The van der Waals surface area contributed by atoms with Gasteiger partial charge in [-0.05, 0) is 39.2 Å². The Balaban J connectivity index is 1.32. The standard InChI is InChI=1S/C22H35N5O2/c1-3-20-23-17(2)15-21(24-20)25-9-6-19(7-10-25)27-8-4-5-18(16-27)22(28)26-11-13-29-14-12-26/h15,18-19H,3-14,16H2,1-2H3/t18-/m0/s1. The number of carbonyl (C=O) groups excluding carboxylic acids is 1. The molecule has 1 aromatic heterocycles. The average Bonchev–Trinajstić information content (AvgIpc) is 2.79. The molecule has 1 aromatic rings. The topological polar surface area (TPSA) is 61.8 Å². The summed E-state index contributed by atoms with van der Waals surface area (Å²) in [4.78, 5) is 29.2. The van der Waals surface area contributed by atoms with Crippen LogP contribution in [0.2, 0.25) is 0 Å². The maximum atomic E-state index is 12.9. The quantitative estimate of drug-likeness (QED) is 0.768. The molecule has 3 saturated heterocycles. The molecule has 0 N–H and O–H groups in total. The van der Waals surface area contributed by atoms with Gasteiger partial charge in [0.25, 0.3) is 0 Å². The van der Waals surface area contributed by atoms with E-state index in [9.17, 15) is 4.79 Å². The Morgan fingerprint density at radius 1 is 1.10 bits per heavy atom. The van der Waals surface area contributed by atoms with Gasteiger partial charge >= 0.3 is 0 Å². The van der Waals surface area contributed by atoms with Crippen molar-refractivity contribution in [3.8, 4) is 0 Å². The Morgan fingerprint density at radius 2 is 1.86 bits per heavy atom. The van der Waals surface area contributed by atoms with E-state index in [1.807, 2.05) is 4.90 Å². The van der Waals surface area contributed by atoms with E-state index in [0.29, 0.717) is 25.2 Å². The molecule has 0 bridgehead atoms. The number of amides is 1. The Labute approximate surface area is 174 Å². The van der Waals surface area contributed by atoms with Crippen molar-refractivity contribution in [1.29, 1.82) is 0 Å². The third-order valence-electron chi connectivity index (χ3n) is 6.63. The Kier molecular flexibility index (Phi) is 6.65. The Hall–Kier alpha value is -1.73. The highest BCUT2D eigenvalue weighted by Crippen LogP contribution is 2.27. The molecule has 29 heavy (non-hydrogen) atoms. The van der Waals surface area contributed by atoms with Crippen LogP contribution in [-0.2, 0) is 16.0 Å². The van der Waals surface area contributed by atoms with Crippen LogP contribution >= 0.6 is 0 Å². The highest BCUT2D eigenvalue weighted by molar-refractivity contribution is 5.79. The smallest absolute Gasteiger partial charge is 0.227 e. The summed E-state index contributed by atoms with van der Waals surface area (Å²) in [5.74, 6) is 2.52. The summed E-state index contributed by atoms with van der Waals surface area (Å²) in [5.41, 5.74) is 1.05. The van der Waals surface area contributed by atoms with E-state index in [0.717, 1.165) is 88.7 Å². The van der Waals surface area contributed by atoms with Crippen molar-refractivity contribution < 1.29 is 9.53 Å². The molecular formula is C22H35N5O2. The number of anilines is 1. The van der Waals surface area contributed by atoms with Gasteiger partial charge in [0.2, 0.25) is 5.91 Å². The van der Waals surface area contributed by atoms with Crippen LogP contribution in [0.1, 0.15) is 44.1 Å². The molecule has 0 saturated carbocycles. The highest BCUT2D eigenvalue weighted by Gasteiger charge is 2.34. The molecule has 1 amide bonds. The SMILES string of the molecule is CCc1nc(C)cc(N2CCC(N3CCC[C@H](C(=O)N4CCOCC4)C3)CC2)n1. The van der Waals surface area contributed by atoms with E-state index in [1.165, 1.54) is 0 Å². The minimum Gasteiger partial charge on any atom is -0.378 e. The number of hydrogen-bond donors (Lipinski definition) is 0. The lowest BCUT2D eigenvalue weighted by molar-refractivity contribution is -0.141. The number of hydrogen-bond acceptors (Lipinski definition) is 6. The lowest BCUT2D eigenvalue weighted by Crippen LogP contribution is -2.52. The first-order valence-electron chi connectivity index (χ1n) is 11.3. The van der Waals surface area contributed by atoms with Crippen molar-refractivity contribution in [3.05, 3.63) is 17.6 Å². The van der Waals surface area contributed by atoms with E-state index in [4.69, 9.17) is 9.72 Å². The second kappa shape index (κ2) is 9.39. The molecule has 4 heterocycles. The number of ether oxygens (including phenoxy) is 1. The van der Waals surface area contributed by atoms with Crippen LogP contribution in [-0.4, -0.2) is 84.2 Å². The van der Waals surface area contributed by atoms with E-state index < -0.39 is 0 Å². The molecule has 1 atom stereocenters. The van der Waals surface area contributed by atoms with E-state index >= 15 is 0 Å². The maximum Gasteiger partial charge on any atom is 0.227 e. The Morgan fingerprint density at radius 3 is 2.59 bits per heavy atom. The Bertz CT molecular complexity index is 698. The molecule has 0 aliphatic carbocycles. The first kappa shape index (κ1) is 20.5. The van der Waals surface area contributed by atoms with Crippen molar-refractivity contribution in [3.63, 3.8) is 0 Å². The lowest BCUT2D eigenvalue weighted by Gasteiger charge is -2.43. The summed E-state index contributed by atoms with van der Waals surface area (Å²) in [6.07, 6.45) is 5.32. The molecular weight excluding hydrogens is 366 g/mol. The number of morpholine rings is 1. The zero-order valence-corrected chi connectivity index (χ0v) is 18.0. The predicted molar refractivity (Wildman–Crippen MR) is 113 cm³/mol. The molecule has 3 fully saturated rings. The number of aryl methyl sites for hydroxylation is 2. The van der Waals surface area contributed by atoms with Crippen molar-refractivity contribution >= 4 is 11.7 Å². The van der Waals surface area contributed by atoms with Gasteiger partial charge in [0.1, 0.15) is 11.6 Å². The first-order chi connectivity index (χ1) is 14.1. The fraction of sp³-hybridized carbons (Fsp3) is 0.773. The number of carbonyl (C=O) groups is 1. The molecule has 4 rings (SSSR count). The molecule has 7 nitrogen and oxygen atoms in total. The minimum atomic E-state index is 0.163. The first-order valence-corrected chi connectivity index (χ1v) is 11.3. The number of nitrogens with zero attached hydrogens (tertiary/aromatic N) is 5. The van der Waals surface area contributed by atoms with Crippen LogP contribution in [0.5, 0.6) is 0 Å². The average molecular weight is 402 g/mol. The van der Waals surface area contributed by atoms with Gasteiger partial charge in [-0.25, -0.2) is 9.97 Å². The number of piperidine rings is 2. The largest absolute Gasteiger partial charge is 0.378 e. The second-order valence-electron chi connectivity index (χ2n) is 8.63. The van der Waals surface area contributed by atoms with Crippen molar-refractivity contribution in [1.82, 2.24) is 19.8 Å². The molecule has 0 unspecified atom stereocenters. The minimum absolute atomic E-state index is 0.163. The fourth-order valence-electron chi connectivity index (χ4n) is 4.97. The van der Waals surface area contributed by atoms with Gasteiger partial charge in [-0.15, -0.1) is 0 Å². The van der Waals surface area contributed by atoms with E-state index in [2.05, 4.69) is 34.7 Å². The van der Waals surface area contributed by atoms with Crippen molar-refractivity contribution in [2.75, 3.05) is 57.4 Å². The summed E-state index contributed by atoms with van der Waals surface area (Å²) < 4.78 is 5.40. The zero-order valence-electron chi connectivity index (χ0n) is 18.0. The summed E-state index contributed by atoms with van der Waals surface area (Å²) in [5, 5.41) is 0. The van der Waals surface area contributed by atoms with Crippen LogP contribution in [0, 0.1) is 12.8 Å². The number of likely N-dealkylation sites (tertiary alicyclic amines) is 1. The van der Waals surface area contributed by atoms with E-state index in [1.54, 1.807) is 0 Å². The predicted octanol–water partition coefficient (Wildman–Crippen LogP) is 1.89. The van der Waals surface area contributed by atoms with Gasteiger partial charge < -0.3 is 14.5 Å². The fourth-order valence-corrected chi connectivity index (χ4v) is 4.97. The summed E-state index contributed by atoms with van der Waals surface area (Å²) in [7, 11) is 0. The second-order valence-corrected chi connectivity index (χ2v) is 8.63. The van der Waals surface area contributed by atoms with Crippen LogP contribution in [0.15, 0.2) is 6.07 Å². The highest BCUT2D eigenvalue weighted by atomic mass is 16.5. The number of rotatable bonds is 4. The summed E-state index contributed by atoms with van der Waals surface area (Å²) >= 11 is 0. The van der Waals surface area contributed by atoms with Gasteiger partial charge in [0.05, 0.1) is 19.1 Å². The monoisotopic (exact) mass is 401 g/mol. The van der Waals surface area contributed by atoms with Gasteiger partial charge in [0.15, 0.2) is 0 Å². The third kappa shape index (κ3) is 4.89. The zero-order chi connectivity index (χ0) is 20.2. The molecule has 0 spiro atoms. The van der Waals surface area contributed by atoms with Crippen LogP contribution < -0.4 is 4.90 Å². The van der Waals surface area contributed by atoms with Gasteiger partial charge in [-0.3, -0.25) is 9.69 Å². The van der Waals surface area contributed by atoms with Crippen LogP contribution in [0.25, 0.3) is 0 Å². The van der Waals surface area contributed by atoms with Crippen LogP contribution in [0.3, 0.4) is 0 Å². The van der Waals surface area contributed by atoms with Crippen molar-refractivity contribution in [2.45, 2.75) is 52.0 Å². The van der Waals surface area contributed by atoms with Crippen molar-refractivity contribution in [2.24, 2.45) is 5.92 Å². The van der Waals surface area contributed by atoms with Gasteiger partial charge in [-0.2, -0.15) is 0 Å². The van der Waals surface area contributed by atoms with E-state index in [-0.39, 0.29) is 5.92 Å². The maximum absolute atomic E-state index is 12.9. The normalized spacial score (nSPS) is 24.7. The van der Waals surface area contributed by atoms with Gasteiger partial charge in [0, 0.05) is 56.9 Å². The lowest BCUT2D eigenvalue weighted by atomic mass is 9.92. The third-order valence-corrected chi connectivity index (χ3v) is 6.63. The molecule has 3 aliphatic heterocycles. The summed E-state index contributed by atoms with van der Waals surface area (Å²) in [6.45, 7) is 11.2. The molecule has 7 heteroatoms. The summed E-state index contributed by atoms with van der Waals surface area (Å²) in [6, 6.07) is 2.69.